The van der Waals surface area contributed by atoms with Crippen LogP contribution in [0.3, 0.4) is 0 Å². The zero-order valence-electron chi connectivity index (χ0n) is 12.5. The van der Waals surface area contributed by atoms with Gasteiger partial charge in [0.15, 0.2) is 0 Å². The largest absolute Gasteiger partial charge is 0.367 e. The van der Waals surface area contributed by atoms with Crippen LogP contribution in [-0.4, -0.2) is 22.8 Å². The minimum atomic E-state index is -0.394. The zero-order chi connectivity index (χ0) is 14.2. The summed E-state index contributed by atoms with van der Waals surface area (Å²) in [6, 6.07) is 0.102. The molecule has 1 aromatic heterocycles. The monoisotopic (exact) mass is 279 g/mol. The Hall–Kier alpha value is -0.940. The Morgan fingerprint density at radius 3 is 2.65 bits per heavy atom. The van der Waals surface area contributed by atoms with Gasteiger partial charge in [0.05, 0.1) is 5.41 Å². The van der Waals surface area contributed by atoms with Crippen molar-refractivity contribution in [1.29, 1.82) is 0 Å². The molecular weight excluding hydrogens is 254 g/mol. The van der Waals surface area contributed by atoms with Gasteiger partial charge in [0.2, 0.25) is 11.7 Å². The number of nitrogens with zero attached hydrogens (tertiary/aromatic N) is 2. The van der Waals surface area contributed by atoms with Crippen molar-refractivity contribution in [2.75, 3.05) is 6.61 Å². The Morgan fingerprint density at radius 1 is 1.15 bits per heavy atom. The van der Waals surface area contributed by atoms with Gasteiger partial charge in [-0.15, -0.1) is 0 Å². The molecule has 0 amide bonds. The highest BCUT2D eigenvalue weighted by Crippen LogP contribution is 2.39. The number of hydrogen-bond acceptors (Lipinski definition) is 5. The molecule has 1 saturated carbocycles. The molecule has 0 spiro atoms. The third-order valence-corrected chi connectivity index (χ3v) is 5.14. The average Bonchev–Trinajstić information content (AvgIpc) is 2.94. The van der Waals surface area contributed by atoms with E-state index in [2.05, 4.69) is 24.0 Å². The summed E-state index contributed by atoms with van der Waals surface area (Å²) in [6.45, 7) is 4.99. The number of nitrogens with two attached hydrogens (primary N) is 1. The van der Waals surface area contributed by atoms with Crippen molar-refractivity contribution in [3.05, 3.63) is 11.7 Å². The van der Waals surface area contributed by atoms with Gasteiger partial charge in [0, 0.05) is 12.6 Å². The van der Waals surface area contributed by atoms with Crippen molar-refractivity contribution in [3.8, 4) is 0 Å². The topological polar surface area (TPSA) is 74.2 Å². The highest BCUT2D eigenvalue weighted by Gasteiger charge is 2.43. The van der Waals surface area contributed by atoms with Crippen molar-refractivity contribution < 1.29 is 9.26 Å². The second kappa shape index (κ2) is 5.11. The molecule has 1 aliphatic heterocycles. The molecule has 0 bridgehead atoms. The first-order valence-electron chi connectivity index (χ1n) is 7.79. The molecule has 3 rings (SSSR count). The molecule has 2 aliphatic rings. The van der Waals surface area contributed by atoms with E-state index in [9.17, 15) is 0 Å². The third-order valence-electron chi connectivity index (χ3n) is 5.14. The van der Waals surface area contributed by atoms with Gasteiger partial charge in [-0.2, -0.15) is 4.98 Å². The van der Waals surface area contributed by atoms with Gasteiger partial charge < -0.3 is 15.0 Å². The molecule has 1 saturated heterocycles. The second-order valence-corrected chi connectivity index (χ2v) is 6.73. The van der Waals surface area contributed by atoms with Crippen LogP contribution in [0.25, 0.3) is 0 Å². The second-order valence-electron chi connectivity index (χ2n) is 6.73. The van der Waals surface area contributed by atoms with E-state index in [0.29, 0.717) is 11.7 Å². The first kappa shape index (κ1) is 14.0. The average molecular weight is 279 g/mol. The van der Waals surface area contributed by atoms with Gasteiger partial charge >= 0.3 is 0 Å². The number of rotatable bonds is 2. The maximum Gasteiger partial charge on any atom is 0.234 e. The molecule has 5 heteroatoms. The van der Waals surface area contributed by atoms with Crippen LogP contribution >= 0.6 is 0 Å². The van der Waals surface area contributed by atoms with Gasteiger partial charge in [-0.05, 0) is 46.0 Å². The molecule has 5 nitrogen and oxygen atoms in total. The first-order chi connectivity index (χ1) is 9.55. The standard InChI is InChI=1S/C15H25N3O2/c1-14(8-4-3-7-11(14)16)13-17-12(18-20-13)15(2)9-5-6-10-19-15/h11H,3-10,16H2,1-2H3. The summed E-state index contributed by atoms with van der Waals surface area (Å²) in [4.78, 5) is 4.67. The van der Waals surface area contributed by atoms with Crippen LogP contribution in [0.15, 0.2) is 4.52 Å². The van der Waals surface area contributed by atoms with Crippen molar-refractivity contribution in [2.45, 2.75) is 75.9 Å². The van der Waals surface area contributed by atoms with E-state index in [1.54, 1.807) is 0 Å². The summed E-state index contributed by atoms with van der Waals surface area (Å²) in [5.41, 5.74) is 5.73. The van der Waals surface area contributed by atoms with E-state index >= 15 is 0 Å². The van der Waals surface area contributed by atoms with Crippen molar-refractivity contribution in [1.82, 2.24) is 10.1 Å². The van der Waals surface area contributed by atoms with Crippen LogP contribution in [0.5, 0.6) is 0 Å². The molecule has 2 fully saturated rings. The molecule has 2 heterocycles. The zero-order valence-corrected chi connectivity index (χ0v) is 12.5. The Kier molecular flexibility index (Phi) is 3.58. The number of ether oxygens (including phenoxy) is 1. The minimum Gasteiger partial charge on any atom is -0.367 e. The summed E-state index contributed by atoms with van der Waals surface area (Å²) < 4.78 is 11.5. The van der Waals surface area contributed by atoms with Gasteiger partial charge in [-0.25, -0.2) is 0 Å². The molecule has 3 unspecified atom stereocenters. The lowest BCUT2D eigenvalue weighted by Gasteiger charge is -2.36. The Morgan fingerprint density at radius 2 is 1.95 bits per heavy atom. The molecule has 20 heavy (non-hydrogen) atoms. The van der Waals surface area contributed by atoms with Crippen molar-refractivity contribution in [3.63, 3.8) is 0 Å². The molecule has 1 aromatic rings. The van der Waals surface area contributed by atoms with Crippen molar-refractivity contribution >= 4 is 0 Å². The van der Waals surface area contributed by atoms with Crippen molar-refractivity contribution in [2.24, 2.45) is 5.73 Å². The van der Waals surface area contributed by atoms with E-state index in [0.717, 1.165) is 38.7 Å². The van der Waals surface area contributed by atoms with E-state index in [1.807, 2.05) is 0 Å². The molecule has 2 N–H and O–H groups in total. The van der Waals surface area contributed by atoms with Crippen LogP contribution in [0.4, 0.5) is 0 Å². The van der Waals surface area contributed by atoms with E-state index in [1.165, 1.54) is 12.8 Å². The molecular formula is C15H25N3O2. The van der Waals surface area contributed by atoms with Gasteiger partial charge in [0.1, 0.15) is 5.60 Å². The molecule has 1 aliphatic carbocycles. The summed E-state index contributed by atoms with van der Waals surface area (Å²) in [5, 5.41) is 4.20. The van der Waals surface area contributed by atoms with E-state index in [4.69, 9.17) is 15.0 Å². The predicted octanol–water partition coefficient (Wildman–Crippen LogP) is 2.64. The highest BCUT2D eigenvalue weighted by atomic mass is 16.5. The SMILES string of the molecule is CC1(c2noc(C3(C)CCCCC3N)n2)CCCCO1. The van der Waals surface area contributed by atoms with Gasteiger partial charge in [-0.3, -0.25) is 0 Å². The lowest BCUT2D eigenvalue weighted by atomic mass is 9.72. The molecule has 112 valence electrons. The maximum atomic E-state index is 6.31. The maximum absolute atomic E-state index is 6.31. The third kappa shape index (κ3) is 2.27. The van der Waals surface area contributed by atoms with Crippen LogP contribution in [-0.2, 0) is 15.8 Å². The highest BCUT2D eigenvalue weighted by molar-refractivity contribution is 5.12. The quantitative estimate of drug-likeness (QED) is 0.900. The van der Waals surface area contributed by atoms with Gasteiger partial charge in [-0.1, -0.05) is 18.0 Å². The molecule has 0 aromatic carbocycles. The number of aromatic nitrogens is 2. The van der Waals surface area contributed by atoms with Crippen LogP contribution in [0.1, 0.15) is 70.5 Å². The molecule has 3 atom stereocenters. The summed E-state index contributed by atoms with van der Waals surface area (Å²) in [6.07, 6.45) is 7.64. The first-order valence-corrected chi connectivity index (χ1v) is 7.79. The smallest absolute Gasteiger partial charge is 0.234 e. The predicted molar refractivity (Wildman–Crippen MR) is 75.2 cm³/mol. The number of hydrogen-bond donors (Lipinski definition) is 1. The summed E-state index contributed by atoms with van der Waals surface area (Å²) >= 11 is 0. The molecule has 0 radical (unpaired) electrons. The van der Waals surface area contributed by atoms with Crippen LogP contribution in [0.2, 0.25) is 0 Å². The fourth-order valence-corrected chi connectivity index (χ4v) is 3.41. The normalized spacial score (nSPS) is 38.9. The van der Waals surface area contributed by atoms with Crippen LogP contribution < -0.4 is 5.73 Å². The lowest BCUT2D eigenvalue weighted by Crippen LogP contribution is -2.45. The van der Waals surface area contributed by atoms with Gasteiger partial charge in [0.25, 0.3) is 0 Å². The summed E-state index contributed by atoms with van der Waals surface area (Å²) in [7, 11) is 0. The minimum absolute atomic E-state index is 0.102. The fourth-order valence-electron chi connectivity index (χ4n) is 3.41. The van der Waals surface area contributed by atoms with E-state index < -0.39 is 5.60 Å². The van der Waals surface area contributed by atoms with E-state index in [-0.39, 0.29) is 11.5 Å². The van der Waals surface area contributed by atoms with Crippen LogP contribution in [0, 0.1) is 0 Å². The lowest BCUT2D eigenvalue weighted by molar-refractivity contribution is -0.0770. The summed E-state index contributed by atoms with van der Waals surface area (Å²) in [5.74, 6) is 1.38. The Balaban J connectivity index is 1.86. The Labute approximate surface area is 120 Å². The Bertz CT molecular complexity index is 467. The fraction of sp³-hybridized carbons (Fsp3) is 0.867.